The minimum atomic E-state index is 0.711. The molecule has 2 atom stereocenters. The maximum atomic E-state index is 4.55. The summed E-state index contributed by atoms with van der Waals surface area (Å²) in [7, 11) is 2.05. The summed E-state index contributed by atoms with van der Waals surface area (Å²) in [6.07, 6.45) is 3.87. The molecule has 1 aliphatic rings. The third kappa shape index (κ3) is 1.92. The van der Waals surface area contributed by atoms with E-state index in [0.717, 1.165) is 0 Å². The Balaban J connectivity index is 2.03. The van der Waals surface area contributed by atoms with Crippen molar-refractivity contribution in [3.8, 4) is 0 Å². The molecule has 3 heteroatoms. The van der Waals surface area contributed by atoms with Crippen LogP contribution < -0.4 is 5.32 Å². The summed E-state index contributed by atoms with van der Waals surface area (Å²) in [4.78, 5) is 4.55. The van der Waals surface area contributed by atoms with Crippen LogP contribution in [0, 0.1) is 6.92 Å². The molecule has 1 heterocycles. The first-order chi connectivity index (χ1) is 6.29. The molecular formula is C10H16N2S. The van der Waals surface area contributed by atoms with Crippen LogP contribution in [-0.2, 0) is 0 Å². The Morgan fingerprint density at radius 2 is 2.38 bits per heavy atom. The van der Waals surface area contributed by atoms with Crippen LogP contribution >= 0.6 is 11.3 Å². The first-order valence-electron chi connectivity index (χ1n) is 4.89. The number of hydrogen-bond acceptors (Lipinski definition) is 3. The van der Waals surface area contributed by atoms with Crippen LogP contribution in [-0.4, -0.2) is 18.1 Å². The summed E-state index contributed by atoms with van der Waals surface area (Å²) < 4.78 is 0. The van der Waals surface area contributed by atoms with Crippen LogP contribution in [0.25, 0.3) is 0 Å². The van der Waals surface area contributed by atoms with Crippen molar-refractivity contribution < 1.29 is 0 Å². The lowest BCUT2D eigenvalue weighted by atomic mass is 10.1. The topological polar surface area (TPSA) is 24.9 Å². The third-order valence-corrected chi connectivity index (χ3v) is 3.69. The fourth-order valence-electron chi connectivity index (χ4n) is 2.08. The summed E-state index contributed by atoms with van der Waals surface area (Å²) >= 11 is 1.77. The Morgan fingerprint density at radius 3 is 2.92 bits per heavy atom. The average molecular weight is 196 g/mol. The average Bonchev–Trinajstić information content (AvgIpc) is 2.71. The van der Waals surface area contributed by atoms with Gasteiger partial charge in [-0.05, 0) is 33.2 Å². The van der Waals surface area contributed by atoms with Crippen LogP contribution in [0.4, 0.5) is 0 Å². The second-order valence-electron chi connectivity index (χ2n) is 3.79. The smallest absolute Gasteiger partial charge is 0.0897 e. The van der Waals surface area contributed by atoms with Gasteiger partial charge in [0.05, 0.1) is 10.7 Å². The van der Waals surface area contributed by atoms with Crippen molar-refractivity contribution in [1.29, 1.82) is 0 Å². The normalized spacial score (nSPS) is 28.2. The number of hydrogen-bond donors (Lipinski definition) is 1. The molecule has 1 aromatic rings. The summed E-state index contributed by atoms with van der Waals surface area (Å²) in [6, 6.07) is 0.715. The molecule has 0 spiro atoms. The van der Waals surface area contributed by atoms with Crippen LogP contribution in [0.5, 0.6) is 0 Å². The number of nitrogens with zero attached hydrogens (tertiary/aromatic N) is 1. The maximum absolute atomic E-state index is 4.55. The number of thiazole rings is 1. The third-order valence-electron chi connectivity index (χ3n) is 2.90. The highest BCUT2D eigenvalue weighted by atomic mass is 32.1. The van der Waals surface area contributed by atoms with Crippen molar-refractivity contribution in [2.45, 2.75) is 38.1 Å². The zero-order chi connectivity index (χ0) is 9.26. The summed E-state index contributed by atoms with van der Waals surface area (Å²) in [5.74, 6) is 0.711. The molecule has 0 radical (unpaired) electrons. The van der Waals surface area contributed by atoms with E-state index in [1.54, 1.807) is 11.3 Å². The van der Waals surface area contributed by atoms with Crippen LogP contribution in [0.1, 0.15) is 35.9 Å². The van der Waals surface area contributed by atoms with Crippen molar-refractivity contribution in [3.05, 3.63) is 16.1 Å². The Morgan fingerprint density at radius 1 is 1.54 bits per heavy atom. The van der Waals surface area contributed by atoms with E-state index >= 15 is 0 Å². The van der Waals surface area contributed by atoms with Gasteiger partial charge in [0.15, 0.2) is 0 Å². The monoisotopic (exact) mass is 196 g/mol. The van der Waals surface area contributed by atoms with E-state index in [1.165, 1.54) is 30.0 Å². The van der Waals surface area contributed by atoms with Crippen molar-refractivity contribution in [2.24, 2.45) is 0 Å². The first kappa shape index (κ1) is 9.16. The van der Waals surface area contributed by atoms with Crippen LogP contribution in [0.2, 0.25) is 0 Å². The summed E-state index contributed by atoms with van der Waals surface area (Å²) in [6.45, 7) is 2.08. The predicted molar refractivity (Wildman–Crippen MR) is 56.3 cm³/mol. The van der Waals surface area contributed by atoms with Gasteiger partial charge in [-0.1, -0.05) is 0 Å². The number of aromatic nitrogens is 1. The van der Waals surface area contributed by atoms with Crippen LogP contribution in [0.3, 0.4) is 0 Å². The van der Waals surface area contributed by atoms with E-state index in [9.17, 15) is 0 Å². The maximum Gasteiger partial charge on any atom is 0.0897 e. The van der Waals surface area contributed by atoms with Crippen molar-refractivity contribution >= 4 is 11.3 Å². The van der Waals surface area contributed by atoms with Gasteiger partial charge in [0, 0.05) is 17.3 Å². The lowest BCUT2D eigenvalue weighted by Gasteiger charge is -2.07. The van der Waals surface area contributed by atoms with Crippen LogP contribution in [0.15, 0.2) is 5.38 Å². The van der Waals surface area contributed by atoms with Gasteiger partial charge >= 0.3 is 0 Å². The first-order valence-corrected chi connectivity index (χ1v) is 5.77. The number of aryl methyl sites for hydroxylation is 1. The number of rotatable bonds is 2. The van der Waals surface area contributed by atoms with Gasteiger partial charge in [-0.2, -0.15) is 0 Å². The molecule has 0 aromatic carbocycles. The van der Waals surface area contributed by atoms with Gasteiger partial charge in [-0.25, -0.2) is 4.98 Å². The fourth-order valence-corrected chi connectivity index (χ4v) is 2.77. The molecule has 0 bridgehead atoms. The lowest BCUT2D eigenvalue weighted by Crippen LogP contribution is -2.21. The quantitative estimate of drug-likeness (QED) is 0.785. The van der Waals surface area contributed by atoms with E-state index in [1.807, 2.05) is 0 Å². The molecule has 2 rings (SSSR count). The highest BCUT2D eigenvalue weighted by Crippen LogP contribution is 2.34. The minimum Gasteiger partial charge on any atom is -0.317 e. The van der Waals surface area contributed by atoms with Gasteiger partial charge < -0.3 is 5.32 Å². The van der Waals surface area contributed by atoms with Gasteiger partial charge in [0.1, 0.15) is 0 Å². The molecule has 1 aliphatic carbocycles. The molecule has 1 aromatic heterocycles. The predicted octanol–water partition coefficient (Wildman–Crippen LogP) is 2.31. The molecule has 1 fully saturated rings. The second-order valence-corrected chi connectivity index (χ2v) is 4.85. The van der Waals surface area contributed by atoms with E-state index in [4.69, 9.17) is 0 Å². The molecule has 2 nitrogen and oxygen atoms in total. The highest BCUT2D eigenvalue weighted by Gasteiger charge is 2.25. The molecule has 2 unspecified atom stereocenters. The Bertz CT molecular complexity index is 282. The zero-order valence-electron chi connectivity index (χ0n) is 8.21. The number of nitrogens with one attached hydrogen (secondary N) is 1. The Hall–Kier alpha value is -0.410. The van der Waals surface area contributed by atoms with E-state index in [-0.39, 0.29) is 0 Å². The Labute approximate surface area is 83.4 Å². The molecular weight excluding hydrogens is 180 g/mol. The molecule has 1 N–H and O–H groups in total. The minimum absolute atomic E-state index is 0.711. The molecule has 13 heavy (non-hydrogen) atoms. The highest BCUT2D eigenvalue weighted by molar-refractivity contribution is 7.09. The molecule has 72 valence electrons. The van der Waals surface area contributed by atoms with Gasteiger partial charge in [0.25, 0.3) is 0 Å². The molecule has 0 saturated heterocycles. The fraction of sp³-hybridized carbons (Fsp3) is 0.700. The Kier molecular flexibility index (Phi) is 2.65. The van der Waals surface area contributed by atoms with Crippen molar-refractivity contribution in [3.63, 3.8) is 0 Å². The van der Waals surface area contributed by atoms with E-state index in [0.29, 0.717) is 12.0 Å². The van der Waals surface area contributed by atoms with Crippen molar-refractivity contribution in [1.82, 2.24) is 10.3 Å². The van der Waals surface area contributed by atoms with Gasteiger partial charge in [-0.15, -0.1) is 11.3 Å². The molecule has 1 saturated carbocycles. The molecule has 0 amide bonds. The SMILES string of the molecule is CNC1CCC(c2csc(C)n2)C1. The van der Waals surface area contributed by atoms with Gasteiger partial charge in [-0.3, -0.25) is 0 Å². The zero-order valence-corrected chi connectivity index (χ0v) is 9.03. The van der Waals surface area contributed by atoms with E-state index in [2.05, 4.69) is 29.7 Å². The summed E-state index contributed by atoms with van der Waals surface area (Å²) in [5, 5.41) is 6.76. The molecule has 0 aliphatic heterocycles. The van der Waals surface area contributed by atoms with E-state index < -0.39 is 0 Å². The largest absolute Gasteiger partial charge is 0.317 e. The standard InChI is InChI=1S/C10H16N2S/c1-7-12-10(6-13-7)8-3-4-9(5-8)11-2/h6,8-9,11H,3-5H2,1-2H3. The van der Waals surface area contributed by atoms with Crippen molar-refractivity contribution in [2.75, 3.05) is 7.05 Å². The lowest BCUT2D eigenvalue weighted by molar-refractivity contribution is 0.569. The second kappa shape index (κ2) is 3.76. The van der Waals surface area contributed by atoms with Gasteiger partial charge in [0.2, 0.25) is 0 Å². The summed E-state index contributed by atoms with van der Waals surface area (Å²) in [5.41, 5.74) is 1.32.